The molecule has 1 rings (SSSR count). The van der Waals surface area contributed by atoms with Crippen LogP contribution < -0.4 is 0 Å². The summed E-state index contributed by atoms with van der Waals surface area (Å²) in [6.07, 6.45) is 0.923. The second kappa shape index (κ2) is 7.20. The maximum atomic E-state index is 13.2. The topological polar surface area (TPSA) is 3.24 Å². The standard InChI is InChI=1S/C13H18Cl2FN/c1-10(2)17(7-3-6-14)9-11-8-12(16)4-5-13(11)15/h4-5,8,10H,3,6-7,9H2,1-2H3. The normalized spacial score (nSPS) is 11.5. The van der Waals surface area contributed by atoms with Crippen LogP contribution in [-0.2, 0) is 6.54 Å². The van der Waals surface area contributed by atoms with Crippen molar-refractivity contribution in [3.8, 4) is 0 Å². The molecule has 0 saturated carbocycles. The molecule has 0 saturated heterocycles. The summed E-state index contributed by atoms with van der Waals surface area (Å²) in [6.45, 7) is 5.78. The van der Waals surface area contributed by atoms with Gasteiger partial charge in [-0.3, -0.25) is 4.90 Å². The van der Waals surface area contributed by atoms with Crippen LogP contribution in [0.5, 0.6) is 0 Å². The zero-order valence-electron chi connectivity index (χ0n) is 10.2. The van der Waals surface area contributed by atoms with Gasteiger partial charge in [0.15, 0.2) is 0 Å². The average Bonchev–Trinajstić information content (AvgIpc) is 2.28. The van der Waals surface area contributed by atoms with Crippen LogP contribution in [0.2, 0.25) is 5.02 Å². The van der Waals surface area contributed by atoms with Gasteiger partial charge in [-0.1, -0.05) is 11.6 Å². The third-order valence-corrected chi connectivity index (χ3v) is 3.33. The highest BCUT2D eigenvalue weighted by Gasteiger charge is 2.12. The molecule has 17 heavy (non-hydrogen) atoms. The van der Waals surface area contributed by atoms with E-state index < -0.39 is 0 Å². The summed E-state index contributed by atoms with van der Waals surface area (Å²) in [5.41, 5.74) is 0.829. The number of hydrogen-bond donors (Lipinski definition) is 0. The van der Waals surface area contributed by atoms with Gasteiger partial charge in [-0.05, 0) is 50.6 Å². The lowest BCUT2D eigenvalue weighted by atomic mass is 10.1. The molecule has 0 aliphatic rings. The molecule has 0 N–H and O–H groups in total. The number of rotatable bonds is 6. The molecule has 0 unspecified atom stereocenters. The molecule has 0 atom stereocenters. The van der Waals surface area contributed by atoms with Gasteiger partial charge < -0.3 is 0 Å². The Balaban J connectivity index is 2.74. The summed E-state index contributed by atoms with van der Waals surface area (Å²) in [5, 5.41) is 0.614. The Morgan fingerprint density at radius 2 is 2.06 bits per heavy atom. The SMILES string of the molecule is CC(C)N(CCCCl)Cc1cc(F)ccc1Cl. The van der Waals surface area contributed by atoms with Gasteiger partial charge in [-0.2, -0.15) is 0 Å². The van der Waals surface area contributed by atoms with Crippen LogP contribution in [0.4, 0.5) is 4.39 Å². The molecule has 0 radical (unpaired) electrons. The van der Waals surface area contributed by atoms with Crippen molar-refractivity contribution in [3.63, 3.8) is 0 Å². The third kappa shape index (κ3) is 4.82. The van der Waals surface area contributed by atoms with Crippen molar-refractivity contribution in [3.05, 3.63) is 34.6 Å². The second-order valence-electron chi connectivity index (χ2n) is 4.34. The van der Waals surface area contributed by atoms with Crippen molar-refractivity contribution >= 4 is 23.2 Å². The van der Waals surface area contributed by atoms with Crippen LogP contribution in [-0.4, -0.2) is 23.4 Å². The summed E-state index contributed by atoms with van der Waals surface area (Å²) >= 11 is 11.8. The van der Waals surface area contributed by atoms with E-state index in [1.54, 1.807) is 6.07 Å². The molecule has 0 spiro atoms. The van der Waals surface area contributed by atoms with Gasteiger partial charge in [0.2, 0.25) is 0 Å². The molecule has 1 aromatic rings. The first-order valence-corrected chi connectivity index (χ1v) is 6.69. The first kappa shape index (κ1) is 14.7. The van der Waals surface area contributed by atoms with Gasteiger partial charge in [0.1, 0.15) is 5.82 Å². The van der Waals surface area contributed by atoms with E-state index >= 15 is 0 Å². The molecule has 4 heteroatoms. The van der Waals surface area contributed by atoms with Crippen molar-refractivity contribution in [1.29, 1.82) is 0 Å². The second-order valence-corrected chi connectivity index (χ2v) is 5.13. The Labute approximate surface area is 113 Å². The van der Waals surface area contributed by atoms with E-state index in [4.69, 9.17) is 23.2 Å². The lowest BCUT2D eigenvalue weighted by Gasteiger charge is -2.26. The molecule has 96 valence electrons. The number of alkyl halides is 1. The smallest absolute Gasteiger partial charge is 0.123 e. The minimum atomic E-state index is -0.245. The average molecular weight is 278 g/mol. The highest BCUT2D eigenvalue weighted by Crippen LogP contribution is 2.20. The Hall–Kier alpha value is -0.310. The number of nitrogens with zero attached hydrogens (tertiary/aromatic N) is 1. The minimum absolute atomic E-state index is 0.245. The van der Waals surface area contributed by atoms with E-state index in [1.807, 2.05) is 0 Å². The monoisotopic (exact) mass is 277 g/mol. The van der Waals surface area contributed by atoms with Crippen LogP contribution in [0.15, 0.2) is 18.2 Å². The molecule has 0 heterocycles. The lowest BCUT2D eigenvalue weighted by molar-refractivity contribution is 0.213. The summed E-state index contributed by atoms with van der Waals surface area (Å²) < 4.78 is 13.2. The first-order chi connectivity index (χ1) is 8.04. The zero-order valence-corrected chi connectivity index (χ0v) is 11.7. The first-order valence-electron chi connectivity index (χ1n) is 5.78. The Kier molecular flexibility index (Phi) is 6.24. The van der Waals surface area contributed by atoms with E-state index in [1.165, 1.54) is 12.1 Å². The van der Waals surface area contributed by atoms with E-state index in [2.05, 4.69) is 18.7 Å². The lowest BCUT2D eigenvalue weighted by Crippen LogP contribution is -2.31. The molecule has 1 aromatic carbocycles. The van der Waals surface area contributed by atoms with Gasteiger partial charge in [-0.25, -0.2) is 4.39 Å². The van der Waals surface area contributed by atoms with E-state index in [0.29, 0.717) is 23.5 Å². The Morgan fingerprint density at radius 1 is 1.35 bits per heavy atom. The maximum Gasteiger partial charge on any atom is 0.123 e. The molecular weight excluding hydrogens is 260 g/mol. The quantitative estimate of drug-likeness (QED) is 0.700. The van der Waals surface area contributed by atoms with E-state index in [-0.39, 0.29) is 5.82 Å². The summed E-state index contributed by atoms with van der Waals surface area (Å²) in [7, 11) is 0. The van der Waals surface area contributed by atoms with Gasteiger partial charge in [0.25, 0.3) is 0 Å². The highest BCUT2D eigenvalue weighted by atomic mass is 35.5. The molecule has 1 nitrogen and oxygen atoms in total. The van der Waals surface area contributed by atoms with Crippen molar-refractivity contribution in [2.24, 2.45) is 0 Å². The highest BCUT2D eigenvalue weighted by molar-refractivity contribution is 6.31. The Morgan fingerprint density at radius 3 is 2.65 bits per heavy atom. The van der Waals surface area contributed by atoms with Gasteiger partial charge in [-0.15, -0.1) is 11.6 Å². The predicted molar refractivity (Wildman–Crippen MR) is 72.3 cm³/mol. The van der Waals surface area contributed by atoms with E-state index in [0.717, 1.165) is 18.5 Å². The van der Waals surface area contributed by atoms with Crippen LogP contribution in [0, 0.1) is 5.82 Å². The molecule has 0 bridgehead atoms. The van der Waals surface area contributed by atoms with E-state index in [9.17, 15) is 4.39 Å². The van der Waals surface area contributed by atoms with Crippen molar-refractivity contribution in [2.45, 2.75) is 32.9 Å². The molecule has 0 aromatic heterocycles. The maximum absolute atomic E-state index is 13.2. The predicted octanol–water partition coefficient (Wildman–Crippen LogP) is 4.32. The van der Waals surface area contributed by atoms with Gasteiger partial charge in [0.05, 0.1) is 0 Å². The Bertz CT molecular complexity index is 355. The fraction of sp³-hybridized carbons (Fsp3) is 0.538. The third-order valence-electron chi connectivity index (χ3n) is 2.69. The van der Waals surface area contributed by atoms with Crippen molar-refractivity contribution in [2.75, 3.05) is 12.4 Å². The van der Waals surface area contributed by atoms with Crippen molar-refractivity contribution in [1.82, 2.24) is 4.90 Å². The van der Waals surface area contributed by atoms with Crippen LogP contribution in [0.25, 0.3) is 0 Å². The summed E-state index contributed by atoms with van der Waals surface area (Å²) in [4.78, 5) is 2.24. The molecule has 0 aliphatic carbocycles. The van der Waals surface area contributed by atoms with Crippen LogP contribution in [0.1, 0.15) is 25.8 Å². The fourth-order valence-corrected chi connectivity index (χ4v) is 1.96. The largest absolute Gasteiger partial charge is 0.297 e. The summed E-state index contributed by atoms with van der Waals surface area (Å²) in [5.74, 6) is 0.394. The molecule has 0 aliphatic heterocycles. The van der Waals surface area contributed by atoms with Crippen LogP contribution in [0.3, 0.4) is 0 Å². The summed E-state index contributed by atoms with van der Waals surface area (Å²) in [6, 6.07) is 4.87. The number of benzene rings is 1. The zero-order chi connectivity index (χ0) is 12.8. The number of halogens is 3. The number of hydrogen-bond acceptors (Lipinski definition) is 1. The fourth-order valence-electron chi connectivity index (χ4n) is 1.67. The van der Waals surface area contributed by atoms with Crippen LogP contribution >= 0.6 is 23.2 Å². The molecular formula is C13H18Cl2FN. The van der Waals surface area contributed by atoms with Gasteiger partial charge in [0, 0.05) is 23.5 Å². The van der Waals surface area contributed by atoms with Crippen molar-refractivity contribution < 1.29 is 4.39 Å². The molecule has 0 amide bonds. The molecule has 0 fully saturated rings. The van der Waals surface area contributed by atoms with Gasteiger partial charge >= 0.3 is 0 Å². The minimum Gasteiger partial charge on any atom is -0.297 e.